The Bertz CT molecular complexity index is 916. The Morgan fingerprint density at radius 2 is 1.85 bits per heavy atom. The maximum atomic E-state index is 12.7. The summed E-state index contributed by atoms with van der Waals surface area (Å²) >= 11 is 5.87. The highest BCUT2D eigenvalue weighted by Gasteiger charge is 2.22. The second kappa shape index (κ2) is 8.33. The van der Waals surface area contributed by atoms with E-state index < -0.39 is 17.0 Å². The van der Waals surface area contributed by atoms with Gasteiger partial charge in [-0.25, -0.2) is 4.79 Å². The van der Waals surface area contributed by atoms with Gasteiger partial charge >= 0.3 is 5.69 Å². The number of nitrogens with two attached hydrogens (primary N) is 1. The molecule has 7 nitrogen and oxygen atoms in total. The van der Waals surface area contributed by atoms with Gasteiger partial charge in [0.15, 0.2) is 5.78 Å². The lowest BCUT2D eigenvalue weighted by molar-refractivity contribution is 0.0941. The molecule has 0 aliphatic heterocycles. The molecule has 0 radical (unpaired) electrons. The van der Waals surface area contributed by atoms with Gasteiger partial charge in [0.2, 0.25) is 0 Å². The molecule has 0 aliphatic rings. The van der Waals surface area contributed by atoms with E-state index in [1.165, 1.54) is 11.6 Å². The van der Waals surface area contributed by atoms with Crippen LogP contribution in [0.3, 0.4) is 0 Å². The van der Waals surface area contributed by atoms with Crippen LogP contribution >= 0.6 is 11.6 Å². The Morgan fingerprint density at radius 3 is 2.42 bits per heavy atom. The van der Waals surface area contributed by atoms with Crippen LogP contribution in [0.25, 0.3) is 0 Å². The number of ketones is 1. The van der Waals surface area contributed by atoms with Gasteiger partial charge in [-0.05, 0) is 31.2 Å². The second-order valence-corrected chi connectivity index (χ2v) is 6.72. The van der Waals surface area contributed by atoms with Gasteiger partial charge in [0, 0.05) is 25.2 Å². The highest BCUT2D eigenvalue weighted by atomic mass is 35.5. The van der Waals surface area contributed by atoms with E-state index in [0.717, 1.165) is 10.1 Å². The van der Waals surface area contributed by atoms with Gasteiger partial charge in [-0.1, -0.05) is 30.7 Å². The summed E-state index contributed by atoms with van der Waals surface area (Å²) in [5.41, 5.74) is 5.66. The van der Waals surface area contributed by atoms with Gasteiger partial charge in [-0.2, -0.15) is 0 Å². The van der Waals surface area contributed by atoms with E-state index in [-0.39, 0.29) is 17.9 Å². The molecule has 0 amide bonds. The third-order valence-corrected chi connectivity index (χ3v) is 4.34. The lowest BCUT2D eigenvalue weighted by atomic mass is 10.1. The molecule has 0 bridgehead atoms. The molecule has 2 rings (SSSR count). The fourth-order valence-corrected chi connectivity index (χ4v) is 2.89. The number of benzene rings is 1. The number of likely N-dealkylation sites (N-methyl/N-ethyl adjacent to an activating group) is 1. The predicted molar refractivity (Wildman–Crippen MR) is 103 cm³/mol. The zero-order chi connectivity index (χ0) is 19.4. The van der Waals surface area contributed by atoms with Crippen molar-refractivity contribution in [3.63, 3.8) is 0 Å². The highest BCUT2D eigenvalue weighted by Crippen LogP contribution is 2.12. The number of hydrogen-bond acceptors (Lipinski definition) is 5. The monoisotopic (exact) mass is 378 g/mol. The van der Waals surface area contributed by atoms with Crippen molar-refractivity contribution in [2.75, 3.05) is 19.3 Å². The Hall–Kier alpha value is -2.38. The van der Waals surface area contributed by atoms with Crippen LogP contribution in [0, 0.1) is 0 Å². The first-order chi connectivity index (χ1) is 12.3. The van der Waals surface area contributed by atoms with Gasteiger partial charge in [-0.3, -0.25) is 23.6 Å². The van der Waals surface area contributed by atoms with Crippen molar-refractivity contribution in [1.29, 1.82) is 0 Å². The average molecular weight is 379 g/mol. The molecule has 0 atom stereocenters. The minimum absolute atomic E-state index is 0.00634. The van der Waals surface area contributed by atoms with Gasteiger partial charge in [0.25, 0.3) is 5.56 Å². The molecule has 140 valence electrons. The van der Waals surface area contributed by atoms with Crippen molar-refractivity contribution in [1.82, 2.24) is 14.0 Å². The van der Waals surface area contributed by atoms with Gasteiger partial charge < -0.3 is 5.73 Å². The number of rotatable bonds is 7. The average Bonchev–Trinajstić information content (AvgIpc) is 2.59. The first kappa shape index (κ1) is 19.9. The molecule has 0 fully saturated rings. The molecule has 0 aliphatic carbocycles. The SMILES string of the molecule is CCCn1c(N)c(C(=O)CN(C)Cc2ccc(Cl)cc2)c(=O)n(C)c1=O. The Labute approximate surface area is 156 Å². The number of carbonyl (C=O) groups excluding carboxylic acids is 1. The van der Waals surface area contributed by atoms with Crippen LogP contribution in [0.15, 0.2) is 33.9 Å². The van der Waals surface area contributed by atoms with Crippen molar-refractivity contribution in [3.05, 3.63) is 61.3 Å². The summed E-state index contributed by atoms with van der Waals surface area (Å²) in [5, 5.41) is 0.641. The van der Waals surface area contributed by atoms with E-state index in [2.05, 4.69) is 0 Å². The Balaban J connectivity index is 2.27. The minimum atomic E-state index is -0.662. The molecule has 1 heterocycles. The number of hydrogen-bond donors (Lipinski definition) is 1. The molecular weight excluding hydrogens is 356 g/mol. The van der Waals surface area contributed by atoms with E-state index >= 15 is 0 Å². The summed E-state index contributed by atoms with van der Waals surface area (Å²) in [4.78, 5) is 39.0. The van der Waals surface area contributed by atoms with Crippen LogP contribution in [0.1, 0.15) is 29.3 Å². The lowest BCUT2D eigenvalue weighted by Crippen LogP contribution is -2.43. The minimum Gasteiger partial charge on any atom is -0.384 e. The van der Waals surface area contributed by atoms with Crippen LogP contribution in [-0.2, 0) is 20.1 Å². The van der Waals surface area contributed by atoms with E-state index in [1.54, 1.807) is 24.1 Å². The molecule has 0 spiro atoms. The van der Waals surface area contributed by atoms with E-state index in [1.807, 2.05) is 19.1 Å². The first-order valence-corrected chi connectivity index (χ1v) is 8.69. The zero-order valence-corrected chi connectivity index (χ0v) is 15.9. The molecule has 1 aromatic carbocycles. The zero-order valence-electron chi connectivity index (χ0n) is 15.2. The maximum Gasteiger partial charge on any atom is 0.332 e. The first-order valence-electron chi connectivity index (χ1n) is 8.31. The van der Waals surface area contributed by atoms with Crippen LogP contribution in [0.2, 0.25) is 5.02 Å². The molecule has 0 saturated heterocycles. The van der Waals surface area contributed by atoms with Crippen LogP contribution < -0.4 is 17.0 Å². The second-order valence-electron chi connectivity index (χ2n) is 6.28. The van der Waals surface area contributed by atoms with E-state index in [0.29, 0.717) is 24.5 Å². The maximum absolute atomic E-state index is 12.7. The molecule has 8 heteroatoms. The molecule has 26 heavy (non-hydrogen) atoms. The summed E-state index contributed by atoms with van der Waals surface area (Å²) in [7, 11) is 3.12. The standard InChI is InChI=1S/C18H23ClN4O3/c1-4-9-23-16(20)15(17(25)22(3)18(23)26)14(24)11-21(2)10-12-5-7-13(19)8-6-12/h5-8H,4,9-11,20H2,1-3H3. The largest absolute Gasteiger partial charge is 0.384 e. The topological polar surface area (TPSA) is 90.3 Å². The van der Waals surface area contributed by atoms with Gasteiger partial charge in [0.05, 0.1) is 6.54 Å². The van der Waals surface area contributed by atoms with Crippen molar-refractivity contribution < 1.29 is 4.79 Å². The number of nitrogens with zero attached hydrogens (tertiary/aromatic N) is 3. The fraction of sp³-hybridized carbons (Fsp3) is 0.389. The summed E-state index contributed by atoms with van der Waals surface area (Å²) in [5.74, 6) is -0.478. The van der Waals surface area contributed by atoms with Crippen LogP contribution in [0.4, 0.5) is 5.82 Å². The summed E-state index contributed by atoms with van der Waals surface area (Å²) in [6.07, 6.45) is 0.659. The predicted octanol–water partition coefficient (Wildman–Crippen LogP) is 1.51. The molecule has 2 aromatic rings. The number of aromatic nitrogens is 2. The van der Waals surface area contributed by atoms with E-state index in [4.69, 9.17) is 17.3 Å². The Morgan fingerprint density at radius 1 is 1.23 bits per heavy atom. The van der Waals surface area contributed by atoms with Crippen LogP contribution in [0.5, 0.6) is 0 Å². The fourth-order valence-electron chi connectivity index (χ4n) is 2.77. The summed E-state index contributed by atoms with van der Waals surface area (Å²) in [6, 6.07) is 7.30. The molecule has 1 aromatic heterocycles. The number of nitrogen functional groups attached to an aromatic ring is 1. The lowest BCUT2D eigenvalue weighted by Gasteiger charge is -2.18. The summed E-state index contributed by atoms with van der Waals surface area (Å²) < 4.78 is 2.20. The molecular formula is C18H23ClN4O3. The Kier molecular flexibility index (Phi) is 6.39. The molecule has 2 N–H and O–H groups in total. The third kappa shape index (κ3) is 4.23. The number of halogens is 1. The normalized spacial score (nSPS) is 11.1. The van der Waals surface area contributed by atoms with Crippen molar-refractivity contribution in [2.24, 2.45) is 7.05 Å². The number of carbonyl (C=O) groups is 1. The van der Waals surface area contributed by atoms with Crippen molar-refractivity contribution in [2.45, 2.75) is 26.4 Å². The van der Waals surface area contributed by atoms with Gasteiger partial charge in [-0.15, -0.1) is 0 Å². The molecule has 0 unspecified atom stereocenters. The summed E-state index contributed by atoms with van der Waals surface area (Å²) in [6.45, 7) is 2.75. The smallest absolute Gasteiger partial charge is 0.332 e. The van der Waals surface area contributed by atoms with Crippen LogP contribution in [-0.4, -0.2) is 33.4 Å². The molecule has 0 saturated carbocycles. The van der Waals surface area contributed by atoms with Gasteiger partial charge in [0.1, 0.15) is 11.4 Å². The number of Topliss-reactive ketones (excluding diaryl/α,β-unsaturated/α-hetero) is 1. The third-order valence-electron chi connectivity index (χ3n) is 4.09. The van der Waals surface area contributed by atoms with E-state index in [9.17, 15) is 14.4 Å². The number of anilines is 1. The highest BCUT2D eigenvalue weighted by molar-refractivity contribution is 6.30. The van der Waals surface area contributed by atoms with Crippen molar-refractivity contribution in [3.8, 4) is 0 Å². The van der Waals surface area contributed by atoms with Crippen molar-refractivity contribution >= 4 is 23.2 Å². The quantitative estimate of drug-likeness (QED) is 0.737.